The lowest BCUT2D eigenvalue weighted by Gasteiger charge is -2.26. The molecule has 1 heterocycles. The highest BCUT2D eigenvalue weighted by molar-refractivity contribution is 7.89. The largest absolute Gasteiger partial charge is 0.493 e. The van der Waals surface area contributed by atoms with E-state index < -0.39 is 16.1 Å². The molecule has 1 atom stereocenters. The van der Waals surface area contributed by atoms with Crippen LogP contribution in [-0.2, 0) is 10.0 Å². The highest BCUT2D eigenvalue weighted by Gasteiger charge is 2.40. The van der Waals surface area contributed by atoms with Crippen LogP contribution in [0.3, 0.4) is 0 Å². The van der Waals surface area contributed by atoms with E-state index in [1.165, 1.54) is 4.41 Å². The Hall–Kier alpha value is -3.32. The average molecular weight is 437 g/mol. The van der Waals surface area contributed by atoms with Crippen LogP contribution in [0.1, 0.15) is 29.2 Å². The van der Waals surface area contributed by atoms with Gasteiger partial charge in [0.1, 0.15) is 0 Å². The number of hydrazone groups is 1. The van der Waals surface area contributed by atoms with E-state index in [9.17, 15) is 8.42 Å². The Morgan fingerprint density at radius 2 is 1.61 bits per heavy atom. The summed E-state index contributed by atoms with van der Waals surface area (Å²) in [7, 11) is -0.792. The first-order chi connectivity index (χ1) is 15.0. The van der Waals surface area contributed by atoms with Crippen LogP contribution in [0.2, 0.25) is 0 Å². The smallest absolute Gasteiger partial charge is 0.279 e. The number of hydrogen-bond acceptors (Lipinski definition) is 5. The minimum Gasteiger partial charge on any atom is -0.493 e. The monoisotopic (exact) mass is 436 g/mol. The third-order valence-corrected chi connectivity index (χ3v) is 7.23. The summed E-state index contributed by atoms with van der Waals surface area (Å²) in [5, 5.41) is 4.60. The average Bonchev–Trinajstić information content (AvgIpc) is 3.25. The minimum absolute atomic E-state index is 0.236. The molecule has 31 heavy (non-hydrogen) atoms. The molecule has 1 aliphatic rings. The lowest BCUT2D eigenvalue weighted by Crippen LogP contribution is -2.28. The van der Waals surface area contributed by atoms with Crippen molar-refractivity contribution in [2.24, 2.45) is 5.10 Å². The Bertz CT molecular complexity index is 1220. The van der Waals surface area contributed by atoms with Crippen molar-refractivity contribution >= 4 is 15.7 Å². The SMILES string of the molecule is COc1cccc([C@H]2CC(c3ccccc3)=NN2S(=O)(=O)c2ccccc2C)c1OC. The summed E-state index contributed by atoms with van der Waals surface area (Å²) in [6.45, 7) is 1.78. The van der Waals surface area contributed by atoms with Gasteiger partial charge in [0.15, 0.2) is 11.5 Å². The molecular weight excluding hydrogens is 412 g/mol. The molecule has 0 bridgehead atoms. The Kier molecular flexibility index (Phi) is 5.69. The molecule has 3 aromatic carbocycles. The van der Waals surface area contributed by atoms with E-state index >= 15 is 0 Å². The fraction of sp³-hybridized carbons (Fsp3) is 0.208. The van der Waals surface area contributed by atoms with Crippen molar-refractivity contribution in [3.63, 3.8) is 0 Å². The maximum Gasteiger partial charge on any atom is 0.279 e. The molecule has 160 valence electrons. The van der Waals surface area contributed by atoms with E-state index in [1.807, 2.05) is 48.5 Å². The number of aryl methyl sites for hydroxylation is 1. The van der Waals surface area contributed by atoms with E-state index in [2.05, 4.69) is 5.10 Å². The number of nitrogens with zero attached hydrogens (tertiary/aromatic N) is 2. The summed E-state index contributed by atoms with van der Waals surface area (Å²) >= 11 is 0. The zero-order valence-electron chi connectivity index (χ0n) is 17.6. The van der Waals surface area contributed by atoms with Crippen LogP contribution in [0.4, 0.5) is 0 Å². The van der Waals surface area contributed by atoms with E-state index in [4.69, 9.17) is 9.47 Å². The maximum atomic E-state index is 13.7. The minimum atomic E-state index is -3.90. The highest BCUT2D eigenvalue weighted by atomic mass is 32.2. The van der Waals surface area contributed by atoms with Gasteiger partial charge in [0.25, 0.3) is 10.0 Å². The first-order valence-electron chi connectivity index (χ1n) is 9.91. The van der Waals surface area contributed by atoms with Crippen molar-refractivity contribution < 1.29 is 17.9 Å². The molecule has 3 aromatic rings. The molecule has 0 saturated heterocycles. The van der Waals surface area contributed by atoms with Crippen LogP contribution < -0.4 is 9.47 Å². The summed E-state index contributed by atoms with van der Waals surface area (Å²) in [4.78, 5) is 0.236. The standard InChI is InChI=1S/C24H24N2O4S/c1-17-10-7-8-15-23(17)31(27,28)26-21(16-20(25-26)18-11-5-4-6-12-18)19-13-9-14-22(29-2)24(19)30-3/h4-15,21H,16H2,1-3H3/t21-/m1/s1. The van der Waals surface area contributed by atoms with Crippen molar-refractivity contribution in [3.05, 3.63) is 89.5 Å². The fourth-order valence-electron chi connectivity index (χ4n) is 3.87. The number of methoxy groups -OCH3 is 2. The van der Waals surface area contributed by atoms with Gasteiger partial charge in [0.05, 0.1) is 30.9 Å². The Balaban J connectivity index is 1.88. The number of ether oxygens (including phenoxy) is 2. The second-order valence-electron chi connectivity index (χ2n) is 7.26. The van der Waals surface area contributed by atoms with E-state index in [0.717, 1.165) is 5.56 Å². The molecule has 0 saturated carbocycles. The number of sulfonamides is 1. The lowest BCUT2D eigenvalue weighted by molar-refractivity contribution is 0.328. The Morgan fingerprint density at radius 1 is 0.903 bits per heavy atom. The fourth-order valence-corrected chi connectivity index (χ4v) is 5.52. The second-order valence-corrected chi connectivity index (χ2v) is 9.02. The van der Waals surface area contributed by atoms with Crippen LogP contribution in [0.15, 0.2) is 82.8 Å². The predicted octanol–water partition coefficient (Wildman–Crippen LogP) is 4.55. The number of hydrogen-bond donors (Lipinski definition) is 0. The molecule has 0 amide bonds. The van der Waals surface area contributed by atoms with Crippen LogP contribution in [0, 0.1) is 6.92 Å². The molecule has 0 fully saturated rings. The first-order valence-corrected chi connectivity index (χ1v) is 11.3. The Morgan fingerprint density at radius 3 is 2.29 bits per heavy atom. The van der Waals surface area contributed by atoms with Gasteiger partial charge in [-0.1, -0.05) is 60.7 Å². The van der Waals surface area contributed by atoms with Crippen LogP contribution in [0.5, 0.6) is 11.5 Å². The quantitative estimate of drug-likeness (QED) is 0.568. The van der Waals surface area contributed by atoms with Crippen molar-refractivity contribution in [1.82, 2.24) is 4.41 Å². The van der Waals surface area contributed by atoms with Crippen molar-refractivity contribution in [3.8, 4) is 11.5 Å². The van der Waals surface area contributed by atoms with Crippen LogP contribution >= 0.6 is 0 Å². The van der Waals surface area contributed by atoms with Gasteiger partial charge >= 0.3 is 0 Å². The topological polar surface area (TPSA) is 68.2 Å². The summed E-state index contributed by atoms with van der Waals surface area (Å²) in [5.74, 6) is 1.05. The number of rotatable bonds is 6. The van der Waals surface area contributed by atoms with Gasteiger partial charge in [-0.3, -0.25) is 0 Å². The molecule has 6 nitrogen and oxygen atoms in total. The summed E-state index contributed by atoms with van der Waals surface area (Å²) in [6, 6.07) is 21.5. The third-order valence-electron chi connectivity index (χ3n) is 5.39. The van der Waals surface area contributed by atoms with E-state index in [0.29, 0.717) is 34.8 Å². The maximum absolute atomic E-state index is 13.7. The molecule has 7 heteroatoms. The van der Waals surface area contributed by atoms with Gasteiger partial charge in [-0.15, -0.1) is 0 Å². The summed E-state index contributed by atoms with van der Waals surface area (Å²) in [5.41, 5.74) is 2.96. The van der Waals surface area contributed by atoms with Gasteiger partial charge in [-0.2, -0.15) is 17.9 Å². The van der Waals surface area contributed by atoms with Crippen LogP contribution in [0.25, 0.3) is 0 Å². The molecule has 0 N–H and O–H groups in total. The molecule has 0 aliphatic carbocycles. The molecule has 0 unspecified atom stereocenters. The zero-order valence-corrected chi connectivity index (χ0v) is 18.5. The molecule has 0 radical (unpaired) electrons. The van der Waals surface area contributed by atoms with Gasteiger partial charge in [0, 0.05) is 12.0 Å². The van der Waals surface area contributed by atoms with E-state index in [1.54, 1.807) is 45.4 Å². The van der Waals surface area contributed by atoms with Crippen molar-refractivity contribution in [2.75, 3.05) is 14.2 Å². The van der Waals surface area contributed by atoms with Gasteiger partial charge < -0.3 is 9.47 Å². The molecule has 0 aromatic heterocycles. The van der Waals surface area contributed by atoms with Crippen molar-refractivity contribution in [2.45, 2.75) is 24.3 Å². The highest BCUT2D eigenvalue weighted by Crippen LogP contribution is 2.44. The van der Waals surface area contributed by atoms with Gasteiger partial charge in [-0.05, 0) is 30.2 Å². The molecular formula is C24H24N2O4S. The van der Waals surface area contributed by atoms with Gasteiger partial charge in [0.2, 0.25) is 0 Å². The van der Waals surface area contributed by atoms with E-state index in [-0.39, 0.29) is 4.90 Å². The van der Waals surface area contributed by atoms with Gasteiger partial charge in [-0.25, -0.2) is 0 Å². The third kappa shape index (κ3) is 3.77. The number of benzene rings is 3. The Labute approximate surface area is 182 Å². The molecule has 4 rings (SSSR count). The predicted molar refractivity (Wildman–Crippen MR) is 120 cm³/mol. The summed E-state index contributed by atoms with van der Waals surface area (Å²) < 4.78 is 39.7. The molecule has 0 spiro atoms. The first kappa shape index (κ1) is 20.9. The lowest BCUT2D eigenvalue weighted by atomic mass is 9.98. The normalized spacial score (nSPS) is 16.2. The zero-order chi connectivity index (χ0) is 22.0. The van der Waals surface area contributed by atoms with Crippen LogP contribution in [-0.4, -0.2) is 32.8 Å². The molecule has 1 aliphatic heterocycles. The van der Waals surface area contributed by atoms with Crippen molar-refractivity contribution in [1.29, 1.82) is 0 Å². The second kappa shape index (κ2) is 8.43. The number of para-hydroxylation sites is 1. The summed E-state index contributed by atoms with van der Waals surface area (Å²) in [6.07, 6.45) is 0.415.